The van der Waals surface area contributed by atoms with Crippen molar-refractivity contribution in [2.75, 3.05) is 0 Å². The minimum atomic E-state index is -1.83. The van der Waals surface area contributed by atoms with Gasteiger partial charge in [-0.05, 0) is 57.8 Å². The van der Waals surface area contributed by atoms with E-state index in [1.54, 1.807) is 12.8 Å². The van der Waals surface area contributed by atoms with Gasteiger partial charge >= 0.3 is 17.1 Å². The van der Waals surface area contributed by atoms with Gasteiger partial charge in [-0.2, -0.15) is 0 Å². The summed E-state index contributed by atoms with van der Waals surface area (Å²) in [6.07, 6.45) is 17.3. The molecule has 0 aliphatic heterocycles. The Morgan fingerprint density at radius 2 is 1.24 bits per heavy atom. The van der Waals surface area contributed by atoms with Crippen LogP contribution >= 0.6 is 0 Å². The average Bonchev–Trinajstić information content (AvgIpc) is 3.08. The third kappa shape index (κ3) is 6.95. The molecule has 0 heterocycles. The number of hydrogen-bond acceptors (Lipinski definition) is 2. The summed E-state index contributed by atoms with van der Waals surface area (Å²) >= 11 is 0. The van der Waals surface area contributed by atoms with E-state index < -0.39 is 8.07 Å². The zero-order valence-electron chi connectivity index (χ0n) is 12.4. The second-order valence-electron chi connectivity index (χ2n) is 5.34. The van der Waals surface area contributed by atoms with Gasteiger partial charge in [0, 0.05) is 11.1 Å². The monoisotopic (exact) mass is 338 g/mol. The van der Waals surface area contributed by atoms with Crippen molar-refractivity contribution < 1.29 is 26.7 Å². The Labute approximate surface area is 140 Å². The maximum absolute atomic E-state index is 10.9. The summed E-state index contributed by atoms with van der Waals surface area (Å²) in [4.78, 5) is 21.8. The van der Waals surface area contributed by atoms with Crippen LogP contribution in [0.4, 0.5) is 0 Å². The summed E-state index contributed by atoms with van der Waals surface area (Å²) in [5, 5.41) is 0.503. The molecule has 0 aromatic carbocycles. The van der Waals surface area contributed by atoms with Gasteiger partial charge in [0.05, 0.1) is 13.6 Å². The molecule has 2 fully saturated rings. The molecule has 0 amide bonds. The van der Waals surface area contributed by atoms with Crippen molar-refractivity contribution in [3.05, 3.63) is 74.5 Å². The first-order valence-electron chi connectivity index (χ1n) is 6.40. The fraction of sp³-hybridized carbons (Fsp3) is 0.176. The third-order valence-electron chi connectivity index (χ3n) is 2.71. The quantitative estimate of drug-likeness (QED) is 0.451. The molecule has 2 aliphatic rings. The molecular weight excluding hydrogens is 320 g/mol. The number of rotatable bonds is 3. The standard InChI is InChI=1S/C12H13O2Si.C5H5.Fe/c1-15(2,3)12(9-14)11(8-13)10-6-4-5-7-10;1-2-4-5-3-1;/h4-7H,1-3H3;1-5H;/q;;+2. The van der Waals surface area contributed by atoms with Gasteiger partial charge in [-0.25, -0.2) is 9.59 Å². The van der Waals surface area contributed by atoms with Crippen molar-refractivity contribution in [2.24, 2.45) is 0 Å². The first-order valence-corrected chi connectivity index (χ1v) is 9.90. The van der Waals surface area contributed by atoms with E-state index in [2.05, 4.69) is 0 Å². The molecule has 2 rings (SSSR count). The van der Waals surface area contributed by atoms with Crippen LogP contribution in [0.15, 0.2) is 10.8 Å². The van der Waals surface area contributed by atoms with Crippen LogP contribution in [0.3, 0.4) is 0 Å². The predicted molar refractivity (Wildman–Crippen MR) is 83.7 cm³/mol. The maximum atomic E-state index is 10.9. The molecule has 2 nitrogen and oxygen atoms in total. The van der Waals surface area contributed by atoms with Gasteiger partial charge in [0.25, 0.3) is 0 Å². The minimum Gasteiger partial charge on any atom is -0.234 e. The van der Waals surface area contributed by atoms with Crippen molar-refractivity contribution in [1.29, 1.82) is 0 Å². The molecule has 0 atom stereocenters. The van der Waals surface area contributed by atoms with Crippen LogP contribution in [0.25, 0.3) is 0 Å². The Bertz CT molecular complexity index is 395. The van der Waals surface area contributed by atoms with Crippen molar-refractivity contribution >= 4 is 20.0 Å². The average molecular weight is 338 g/mol. The number of hydrogen-bond donors (Lipinski definition) is 0. The van der Waals surface area contributed by atoms with Gasteiger partial charge in [-0.3, -0.25) is 0 Å². The molecule has 4 heteroatoms. The Morgan fingerprint density at radius 1 is 0.810 bits per heavy atom. The van der Waals surface area contributed by atoms with Crippen LogP contribution in [-0.4, -0.2) is 20.0 Å². The van der Waals surface area contributed by atoms with E-state index in [9.17, 15) is 9.59 Å². The third-order valence-corrected chi connectivity index (χ3v) is 4.56. The molecular formula is C17H18FeO2Si+2. The molecule has 10 radical (unpaired) electrons. The largest absolute Gasteiger partial charge is 2.00 e. The molecule has 0 aromatic rings. The predicted octanol–water partition coefficient (Wildman–Crippen LogP) is 2.80. The molecule has 0 saturated heterocycles. The molecule has 0 aromatic heterocycles. The molecule has 0 N–H and O–H groups in total. The topological polar surface area (TPSA) is 34.1 Å². The number of carbonyl (C=O) groups excluding carboxylic acids is 2. The van der Waals surface area contributed by atoms with Crippen LogP contribution in [0, 0.1) is 63.7 Å². The summed E-state index contributed by atoms with van der Waals surface area (Å²) in [5.41, 5.74) is 0.370. The van der Waals surface area contributed by atoms with Gasteiger partial charge in [-0.1, -0.05) is 19.6 Å². The second kappa shape index (κ2) is 10.4. The van der Waals surface area contributed by atoms with E-state index in [-0.39, 0.29) is 17.1 Å². The van der Waals surface area contributed by atoms with Crippen LogP contribution in [0.1, 0.15) is 0 Å². The summed E-state index contributed by atoms with van der Waals surface area (Å²) in [6, 6.07) is 0. The van der Waals surface area contributed by atoms with Crippen LogP contribution in [0.5, 0.6) is 0 Å². The Balaban J connectivity index is 0.000000562. The Morgan fingerprint density at radius 3 is 1.52 bits per heavy atom. The van der Waals surface area contributed by atoms with E-state index in [1.165, 1.54) is 0 Å². The molecule has 21 heavy (non-hydrogen) atoms. The van der Waals surface area contributed by atoms with Crippen molar-refractivity contribution in [2.45, 2.75) is 19.6 Å². The van der Waals surface area contributed by atoms with Gasteiger partial charge in [0.15, 0.2) is 0 Å². The zero-order valence-corrected chi connectivity index (χ0v) is 14.5. The van der Waals surface area contributed by atoms with E-state index in [1.807, 2.05) is 76.5 Å². The summed E-state index contributed by atoms with van der Waals surface area (Å²) in [7, 11) is -1.83. The molecule has 0 bridgehead atoms. The summed E-state index contributed by atoms with van der Waals surface area (Å²) in [6.45, 7) is 6.02. The van der Waals surface area contributed by atoms with E-state index in [4.69, 9.17) is 0 Å². The van der Waals surface area contributed by atoms with Crippen molar-refractivity contribution in [3.63, 3.8) is 0 Å². The van der Waals surface area contributed by atoms with E-state index >= 15 is 0 Å². The molecule has 0 spiro atoms. The molecule has 0 unspecified atom stereocenters. The first-order chi connectivity index (χ1) is 9.50. The smallest absolute Gasteiger partial charge is 0.234 e. The summed E-state index contributed by atoms with van der Waals surface area (Å²) in [5.74, 6) is 4.53. The normalized spacial score (nSPS) is 17.9. The summed E-state index contributed by atoms with van der Waals surface area (Å²) < 4.78 is 0. The zero-order chi connectivity index (χ0) is 15.0. The van der Waals surface area contributed by atoms with Crippen LogP contribution < -0.4 is 0 Å². The fourth-order valence-corrected chi connectivity index (χ4v) is 2.95. The number of allylic oxidation sites excluding steroid dienone is 2. The first kappa shape index (κ1) is 20.6. The van der Waals surface area contributed by atoms with E-state index in [0.717, 1.165) is 5.92 Å². The Hall–Kier alpha value is -0.364. The van der Waals surface area contributed by atoms with Crippen LogP contribution in [0.2, 0.25) is 19.6 Å². The van der Waals surface area contributed by atoms with Gasteiger partial charge in [0.2, 0.25) is 0 Å². The SMILES string of the molecule is C[Si](C)(C)C(=C=O)C(=C=O)[C]1[CH][CH][CH][CH]1.[CH]1[CH][CH][CH][CH]1.[Fe+2]. The molecule has 108 valence electrons. The van der Waals surface area contributed by atoms with Gasteiger partial charge in [-0.15, -0.1) is 0 Å². The molecule has 2 saturated carbocycles. The van der Waals surface area contributed by atoms with Crippen molar-refractivity contribution in [1.82, 2.24) is 0 Å². The Kier molecular flexibility index (Phi) is 10.2. The minimum absolute atomic E-state index is 0. The van der Waals surface area contributed by atoms with Crippen LogP contribution in [-0.2, 0) is 26.7 Å². The van der Waals surface area contributed by atoms with E-state index in [0.29, 0.717) is 10.8 Å². The second-order valence-corrected chi connectivity index (χ2v) is 10.3. The maximum Gasteiger partial charge on any atom is 2.00 e. The fourth-order valence-electron chi connectivity index (χ4n) is 1.69. The van der Waals surface area contributed by atoms with Gasteiger partial charge in [0.1, 0.15) is 11.9 Å². The molecule has 2 aliphatic carbocycles. The van der Waals surface area contributed by atoms with Crippen molar-refractivity contribution in [3.8, 4) is 0 Å². The van der Waals surface area contributed by atoms with Gasteiger partial charge < -0.3 is 0 Å².